The Morgan fingerprint density at radius 2 is 2.00 bits per heavy atom. The third-order valence-corrected chi connectivity index (χ3v) is 4.51. The first-order chi connectivity index (χ1) is 8.20. The van der Waals surface area contributed by atoms with E-state index in [1.165, 1.54) is 45.2 Å². The van der Waals surface area contributed by atoms with Gasteiger partial charge < -0.3 is 10.1 Å². The topological polar surface area (TPSA) is 24.5 Å². The second kappa shape index (κ2) is 6.17. The molecule has 3 heteroatoms. The molecular weight excluding hydrogens is 212 g/mol. The van der Waals surface area contributed by atoms with Crippen LogP contribution in [0, 0.1) is 0 Å². The van der Waals surface area contributed by atoms with Crippen LogP contribution in [0.2, 0.25) is 0 Å². The van der Waals surface area contributed by atoms with E-state index in [-0.39, 0.29) is 0 Å². The summed E-state index contributed by atoms with van der Waals surface area (Å²) >= 11 is 0. The Hall–Kier alpha value is -0.120. The Bertz CT molecular complexity index is 234. The lowest BCUT2D eigenvalue weighted by Gasteiger charge is -2.40. The van der Waals surface area contributed by atoms with E-state index < -0.39 is 0 Å². The van der Waals surface area contributed by atoms with Gasteiger partial charge in [-0.05, 0) is 52.5 Å². The van der Waals surface area contributed by atoms with Gasteiger partial charge in [0.15, 0.2) is 0 Å². The minimum Gasteiger partial charge on any atom is -0.381 e. The highest BCUT2D eigenvalue weighted by molar-refractivity contribution is 4.87. The SMILES string of the molecule is COC1CCCC(N2CC(C)NCCC2C)C1. The van der Waals surface area contributed by atoms with Crippen molar-refractivity contribution in [2.75, 3.05) is 20.2 Å². The quantitative estimate of drug-likeness (QED) is 0.799. The summed E-state index contributed by atoms with van der Waals surface area (Å²) in [7, 11) is 1.86. The van der Waals surface area contributed by atoms with E-state index in [0.29, 0.717) is 18.2 Å². The van der Waals surface area contributed by atoms with Crippen molar-refractivity contribution < 1.29 is 4.74 Å². The molecule has 0 spiro atoms. The minimum atomic E-state index is 0.493. The van der Waals surface area contributed by atoms with Gasteiger partial charge in [0.1, 0.15) is 0 Å². The molecule has 1 saturated heterocycles. The van der Waals surface area contributed by atoms with Crippen LogP contribution in [0.3, 0.4) is 0 Å². The average molecular weight is 240 g/mol. The molecule has 2 aliphatic rings. The Kier molecular flexibility index (Phi) is 4.83. The monoisotopic (exact) mass is 240 g/mol. The van der Waals surface area contributed by atoms with Crippen molar-refractivity contribution in [2.45, 2.75) is 70.2 Å². The average Bonchev–Trinajstić information content (AvgIpc) is 2.51. The maximum absolute atomic E-state index is 5.56. The minimum absolute atomic E-state index is 0.493. The van der Waals surface area contributed by atoms with Crippen LogP contribution in [0.15, 0.2) is 0 Å². The van der Waals surface area contributed by atoms with Crippen LogP contribution in [0.25, 0.3) is 0 Å². The first kappa shape index (κ1) is 13.3. The number of methoxy groups -OCH3 is 1. The third-order valence-electron chi connectivity index (χ3n) is 4.51. The summed E-state index contributed by atoms with van der Waals surface area (Å²) in [4.78, 5) is 2.73. The fourth-order valence-electron chi connectivity index (χ4n) is 3.41. The van der Waals surface area contributed by atoms with Crippen molar-refractivity contribution in [1.29, 1.82) is 0 Å². The van der Waals surface area contributed by atoms with E-state index in [1.54, 1.807) is 0 Å². The molecule has 4 atom stereocenters. The van der Waals surface area contributed by atoms with Gasteiger partial charge in [-0.25, -0.2) is 0 Å². The zero-order valence-electron chi connectivity index (χ0n) is 11.6. The third kappa shape index (κ3) is 3.43. The Labute approximate surface area is 106 Å². The zero-order valence-corrected chi connectivity index (χ0v) is 11.6. The van der Waals surface area contributed by atoms with E-state index in [1.807, 2.05) is 7.11 Å². The van der Waals surface area contributed by atoms with Gasteiger partial charge in [-0.2, -0.15) is 0 Å². The van der Waals surface area contributed by atoms with Gasteiger partial charge in [-0.1, -0.05) is 0 Å². The van der Waals surface area contributed by atoms with E-state index in [9.17, 15) is 0 Å². The summed E-state index contributed by atoms with van der Waals surface area (Å²) in [6.45, 7) is 7.05. The fraction of sp³-hybridized carbons (Fsp3) is 1.00. The largest absolute Gasteiger partial charge is 0.381 e. The van der Waals surface area contributed by atoms with Crippen molar-refractivity contribution in [3.8, 4) is 0 Å². The number of hydrogen-bond acceptors (Lipinski definition) is 3. The molecule has 4 unspecified atom stereocenters. The summed E-state index contributed by atoms with van der Waals surface area (Å²) in [6.07, 6.45) is 6.94. The molecule has 0 amide bonds. The van der Waals surface area contributed by atoms with Gasteiger partial charge in [0, 0.05) is 31.8 Å². The molecule has 3 nitrogen and oxygen atoms in total. The standard InChI is InChI=1S/C14H28N2O/c1-11-10-16(12(2)7-8-15-11)13-5-4-6-14(9-13)17-3/h11-15H,4-10H2,1-3H3. The normalized spacial score (nSPS) is 41.1. The van der Waals surface area contributed by atoms with Crippen LogP contribution in [0.1, 0.15) is 46.0 Å². The van der Waals surface area contributed by atoms with E-state index in [2.05, 4.69) is 24.1 Å². The molecule has 1 N–H and O–H groups in total. The molecule has 17 heavy (non-hydrogen) atoms. The van der Waals surface area contributed by atoms with Crippen LogP contribution in [-0.2, 0) is 4.74 Å². The molecule has 1 saturated carbocycles. The van der Waals surface area contributed by atoms with Crippen molar-refractivity contribution >= 4 is 0 Å². The van der Waals surface area contributed by atoms with Crippen molar-refractivity contribution in [3.63, 3.8) is 0 Å². The predicted octanol–water partition coefficient (Wildman–Crippen LogP) is 2.02. The Morgan fingerprint density at radius 1 is 1.18 bits per heavy atom. The van der Waals surface area contributed by atoms with Crippen molar-refractivity contribution in [3.05, 3.63) is 0 Å². The highest BCUT2D eigenvalue weighted by Gasteiger charge is 2.31. The molecule has 0 aromatic carbocycles. The maximum atomic E-state index is 5.56. The first-order valence-electron chi connectivity index (χ1n) is 7.22. The van der Waals surface area contributed by atoms with Crippen LogP contribution in [0.4, 0.5) is 0 Å². The maximum Gasteiger partial charge on any atom is 0.0586 e. The van der Waals surface area contributed by atoms with Gasteiger partial charge in [0.2, 0.25) is 0 Å². The summed E-state index contributed by atoms with van der Waals surface area (Å²) in [5, 5.41) is 3.60. The number of nitrogens with one attached hydrogen (secondary N) is 1. The molecule has 100 valence electrons. The molecule has 0 aromatic rings. The Morgan fingerprint density at radius 3 is 2.76 bits per heavy atom. The second-order valence-corrected chi connectivity index (χ2v) is 5.87. The first-order valence-corrected chi connectivity index (χ1v) is 7.22. The smallest absolute Gasteiger partial charge is 0.0586 e. The number of hydrogen-bond donors (Lipinski definition) is 1. The summed E-state index contributed by atoms with van der Waals surface area (Å²) in [5.74, 6) is 0. The van der Waals surface area contributed by atoms with Gasteiger partial charge in [0.25, 0.3) is 0 Å². The van der Waals surface area contributed by atoms with Gasteiger partial charge in [0.05, 0.1) is 6.10 Å². The van der Waals surface area contributed by atoms with Crippen molar-refractivity contribution in [2.24, 2.45) is 0 Å². The number of ether oxygens (including phenoxy) is 1. The Balaban J connectivity index is 1.97. The highest BCUT2D eigenvalue weighted by Crippen LogP contribution is 2.27. The van der Waals surface area contributed by atoms with Crippen LogP contribution in [0.5, 0.6) is 0 Å². The molecule has 2 rings (SSSR count). The summed E-state index contributed by atoms with van der Waals surface area (Å²) < 4.78 is 5.56. The van der Waals surface area contributed by atoms with Gasteiger partial charge >= 0.3 is 0 Å². The lowest BCUT2D eigenvalue weighted by Crippen LogP contribution is -2.47. The van der Waals surface area contributed by atoms with E-state index in [0.717, 1.165) is 6.04 Å². The lowest BCUT2D eigenvalue weighted by atomic mass is 9.90. The van der Waals surface area contributed by atoms with Crippen LogP contribution >= 0.6 is 0 Å². The lowest BCUT2D eigenvalue weighted by molar-refractivity contribution is 0.0164. The van der Waals surface area contributed by atoms with Crippen LogP contribution in [-0.4, -0.2) is 49.3 Å². The predicted molar refractivity (Wildman–Crippen MR) is 71.3 cm³/mol. The molecular formula is C14H28N2O. The molecule has 0 aromatic heterocycles. The molecule has 1 aliphatic carbocycles. The van der Waals surface area contributed by atoms with Crippen molar-refractivity contribution in [1.82, 2.24) is 10.2 Å². The molecule has 1 heterocycles. The zero-order chi connectivity index (χ0) is 12.3. The van der Waals surface area contributed by atoms with Gasteiger partial charge in [-0.3, -0.25) is 4.90 Å². The van der Waals surface area contributed by atoms with Gasteiger partial charge in [-0.15, -0.1) is 0 Å². The summed E-state index contributed by atoms with van der Waals surface area (Å²) in [6, 6.07) is 2.09. The van der Waals surface area contributed by atoms with Crippen LogP contribution < -0.4 is 5.32 Å². The number of nitrogens with zero attached hydrogens (tertiary/aromatic N) is 1. The fourth-order valence-corrected chi connectivity index (χ4v) is 3.41. The molecule has 0 bridgehead atoms. The summed E-state index contributed by atoms with van der Waals surface area (Å²) in [5.41, 5.74) is 0. The highest BCUT2D eigenvalue weighted by atomic mass is 16.5. The van der Waals surface area contributed by atoms with E-state index in [4.69, 9.17) is 4.74 Å². The number of rotatable bonds is 2. The molecule has 2 fully saturated rings. The van der Waals surface area contributed by atoms with E-state index >= 15 is 0 Å². The molecule has 0 radical (unpaired) electrons. The molecule has 1 aliphatic heterocycles. The second-order valence-electron chi connectivity index (χ2n) is 5.87.